The van der Waals surface area contributed by atoms with E-state index in [1.807, 2.05) is 30.3 Å². The average Bonchev–Trinajstić information content (AvgIpc) is 2.95. The van der Waals surface area contributed by atoms with Crippen molar-refractivity contribution < 1.29 is 4.79 Å². The van der Waals surface area contributed by atoms with Crippen LogP contribution in [0, 0.1) is 0 Å². The first-order valence-corrected chi connectivity index (χ1v) is 7.59. The summed E-state index contributed by atoms with van der Waals surface area (Å²) in [7, 11) is 0. The second-order valence-corrected chi connectivity index (χ2v) is 5.40. The van der Waals surface area contributed by atoms with Gasteiger partial charge in [0.2, 0.25) is 0 Å². The molecule has 0 radical (unpaired) electrons. The summed E-state index contributed by atoms with van der Waals surface area (Å²) in [6.45, 7) is 4.86. The van der Waals surface area contributed by atoms with Crippen molar-refractivity contribution in [1.82, 2.24) is 9.55 Å². The lowest BCUT2D eigenvalue weighted by Crippen LogP contribution is -2.13. The molecule has 5 nitrogen and oxygen atoms in total. The van der Waals surface area contributed by atoms with Crippen LogP contribution in [0.5, 0.6) is 0 Å². The molecule has 0 bridgehead atoms. The molecule has 0 saturated carbocycles. The van der Waals surface area contributed by atoms with Crippen LogP contribution in [0.1, 0.15) is 10.5 Å². The van der Waals surface area contributed by atoms with E-state index in [1.54, 1.807) is 28.9 Å². The maximum Gasteiger partial charge on any atom is 0.275 e. The number of thioether (sulfide) groups is 1. The number of para-hydroxylation sites is 1. The van der Waals surface area contributed by atoms with Gasteiger partial charge in [0, 0.05) is 29.9 Å². The van der Waals surface area contributed by atoms with Crippen molar-refractivity contribution in [2.75, 3.05) is 17.6 Å². The Morgan fingerprint density at radius 2 is 2.29 bits per heavy atom. The van der Waals surface area contributed by atoms with Gasteiger partial charge in [0.15, 0.2) is 0 Å². The second-order valence-electron chi connectivity index (χ2n) is 4.34. The largest absolute Gasteiger partial charge is 0.335 e. The van der Waals surface area contributed by atoms with Crippen molar-refractivity contribution in [1.29, 1.82) is 0 Å². The van der Waals surface area contributed by atoms with E-state index < -0.39 is 0 Å². The lowest BCUT2D eigenvalue weighted by molar-refractivity contribution is 0.102. The number of amides is 1. The number of nitrogens with two attached hydrogens (primary N) is 1. The molecule has 0 atom stereocenters. The number of rotatable bonds is 7. The molecule has 6 heteroatoms. The van der Waals surface area contributed by atoms with Gasteiger partial charge in [0.25, 0.3) is 5.91 Å². The fourth-order valence-electron chi connectivity index (χ4n) is 1.78. The summed E-state index contributed by atoms with van der Waals surface area (Å²) in [5, 5.41) is 2.89. The quantitative estimate of drug-likeness (QED) is 0.608. The molecule has 110 valence electrons. The number of imidazole rings is 1. The minimum absolute atomic E-state index is 0.225. The van der Waals surface area contributed by atoms with Gasteiger partial charge in [-0.2, -0.15) is 0 Å². The number of hydrogen-bond acceptors (Lipinski definition) is 4. The minimum Gasteiger partial charge on any atom is -0.335 e. The number of aromatic nitrogens is 2. The molecule has 1 heterocycles. The predicted octanol–water partition coefficient (Wildman–Crippen LogP) is 2.37. The summed E-state index contributed by atoms with van der Waals surface area (Å²) in [5.74, 6) is 0.565. The maximum absolute atomic E-state index is 12.2. The SMILES string of the molecule is C=CCSc1ccccc1NC(=O)c1cn(CCN)cn1. The molecule has 2 rings (SSSR count). The molecule has 0 saturated heterocycles. The standard InChI is InChI=1S/C15H18N4OS/c1-2-9-21-14-6-4-3-5-12(14)18-15(20)13-10-19(8-7-16)11-17-13/h2-6,10-11H,1,7-9,16H2,(H,18,20). The van der Waals surface area contributed by atoms with Gasteiger partial charge >= 0.3 is 0 Å². The number of hydrogen-bond donors (Lipinski definition) is 2. The number of anilines is 1. The Morgan fingerprint density at radius 3 is 3.05 bits per heavy atom. The number of nitrogens with one attached hydrogen (secondary N) is 1. The van der Waals surface area contributed by atoms with Crippen LogP contribution in [0.15, 0.2) is 54.3 Å². The number of nitrogens with zero attached hydrogens (tertiary/aromatic N) is 2. The Balaban J connectivity index is 2.09. The van der Waals surface area contributed by atoms with Gasteiger partial charge in [-0.3, -0.25) is 4.79 Å². The molecule has 0 spiro atoms. The van der Waals surface area contributed by atoms with E-state index in [9.17, 15) is 4.79 Å². The van der Waals surface area contributed by atoms with Gasteiger partial charge < -0.3 is 15.6 Å². The van der Waals surface area contributed by atoms with E-state index in [1.165, 1.54) is 0 Å². The van der Waals surface area contributed by atoms with Crippen molar-refractivity contribution in [3.63, 3.8) is 0 Å². The topological polar surface area (TPSA) is 72.9 Å². The normalized spacial score (nSPS) is 10.3. The molecule has 1 aromatic heterocycles. The third-order valence-electron chi connectivity index (χ3n) is 2.75. The molecule has 21 heavy (non-hydrogen) atoms. The van der Waals surface area contributed by atoms with Gasteiger partial charge in [-0.25, -0.2) is 4.98 Å². The van der Waals surface area contributed by atoms with E-state index >= 15 is 0 Å². The molecule has 0 fully saturated rings. The Morgan fingerprint density at radius 1 is 1.48 bits per heavy atom. The van der Waals surface area contributed by atoms with Gasteiger partial charge in [-0.05, 0) is 12.1 Å². The summed E-state index contributed by atoms with van der Waals surface area (Å²) < 4.78 is 1.80. The Hall–Kier alpha value is -2.05. The molecule has 0 aliphatic carbocycles. The maximum atomic E-state index is 12.2. The monoisotopic (exact) mass is 302 g/mol. The van der Waals surface area contributed by atoms with E-state index in [0.29, 0.717) is 18.8 Å². The van der Waals surface area contributed by atoms with Crippen LogP contribution in [0.4, 0.5) is 5.69 Å². The smallest absolute Gasteiger partial charge is 0.275 e. The van der Waals surface area contributed by atoms with Crippen LogP contribution in [-0.4, -0.2) is 27.8 Å². The van der Waals surface area contributed by atoms with Crippen LogP contribution < -0.4 is 11.1 Å². The van der Waals surface area contributed by atoms with Crippen molar-refractivity contribution in [2.45, 2.75) is 11.4 Å². The zero-order valence-corrected chi connectivity index (χ0v) is 12.5. The molecule has 1 aromatic carbocycles. The van der Waals surface area contributed by atoms with Gasteiger partial charge in [-0.15, -0.1) is 18.3 Å². The van der Waals surface area contributed by atoms with Crippen LogP contribution in [0.2, 0.25) is 0 Å². The molecule has 1 amide bonds. The van der Waals surface area contributed by atoms with Crippen LogP contribution in [0.25, 0.3) is 0 Å². The zero-order chi connectivity index (χ0) is 15.1. The third-order valence-corrected chi connectivity index (χ3v) is 3.81. The van der Waals surface area contributed by atoms with E-state index in [4.69, 9.17) is 5.73 Å². The van der Waals surface area contributed by atoms with Crippen LogP contribution in [0.3, 0.4) is 0 Å². The highest BCUT2D eigenvalue weighted by atomic mass is 32.2. The summed E-state index contributed by atoms with van der Waals surface area (Å²) in [4.78, 5) is 17.3. The Bertz CT molecular complexity index is 624. The highest BCUT2D eigenvalue weighted by molar-refractivity contribution is 7.99. The van der Waals surface area contributed by atoms with Crippen LogP contribution in [-0.2, 0) is 6.54 Å². The van der Waals surface area contributed by atoms with E-state index in [-0.39, 0.29) is 5.91 Å². The lowest BCUT2D eigenvalue weighted by Gasteiger charge is -2.08. The highest BCUT2D eigenvalue weighted by Gasteiger charge is 2.11. The molecular formula is C15H18N4OS. The molecule has 0 aliphatic rings. The minimum atomic E-state index is -0.225. The number of carbonyl (C=O) groups excluding carboxylic acids is 1. The van der Waals surface area contributed by atoms with Crippen molar-refractivity contribution in [2.24, 2.45) is 5.73 Å². The molecular weight excluding hydrogens is 284 g/mol. The third kappa shape index (κ3) is 4.21. The van der Waals surface area contributed by atoms with Gasteiger partial charge in [0.05, 0.1) is 12.0 Å². The van der Waals surface area contributed by atoms with Gasteiger partial charge in [-0.1, -0.05) is 18.2 Å². The fraction of sp³-hybridized carbons (Fsp3) is 0.200. The van der Waals surface area contributed by atoms with Crippen molar-refractivity contribution in [3.05, 3.63) is 55.1 Å². The number of benzene rings is 1. The highest BCUT2D eigenvalue weighted by Crippen LogP contribution is 2.27. The van der Waals surface area contributed by atoms with E-state index in [2.05, 4.69) is 16.9 Å². The summed E-state index contributed by atoms with van der Waals surface area (Å²) in [6, 6.07) is 7.68. The summed E-state index contributed by atoms with van der Waals surface area (Å²) >= 11 is 1.62. The van der Waals surface area contributed by atoms with Crippen molar-refractivity contribution >= 4 is 23.4 Å². The van der Waals surface area contributed by atoms with E-state index in [0.717, 1.165) is 16.3 Å². The lowest BCUT2D eigenvalue weighted by atomic mass is 10.3. The Labute approximate surface area is 128 Å². The average molecular weight is 302 g/mol. The van der Waals surface area contributed by atoms with Gasteiger partial charge in [0.1, 0.15) is 5.69 Å². The Kier molecular flexibility index (Phi) is 5.59. The molecule has 0 unspecified atom stereocenters. The zero-order valence-electron chi connectivity index (χ0n) is 11.7. The predicted molar refractivity (Wildman–Crippen MR) is 86.6 cm³/mol. The summed E-state index contributed by atoms with van der Waals surface area (Å²) in [6.07, 6.45) is 5.14. The second kappa shape index (κ2) is 7.66. The summed E-state index contributed by atoms with van der Waals surface area (Å²) in [5.41, 5.74) is 6.64. The first-order valence-electron chi connectivity index (χ1n) is 6.60. The molecule has 0 aliphatic heterocycles. The fourth-order valence-corrected chi connectivity index (χ4v) is 2.53. The van der Waals surface area contributed by atoms with Crippen LogP contribution >= 0.6 is 11.8 Å². The first-order chi connectivity index (χ1) is 10.2. The number of carbonyl (C=O) groups is 1. The molecule has 3 N–H and O–H groups in total. The first kappa shape index (κ1) is 15.3. The molecule has 2 aromatic rings. The van der Waals surface area contributed by atoms with Crippen molar-refractivity contribution in [3.8, 4) is 0 Å².